The Labute approximate surface area is 170 Å². The molecule has 5 nitrogen and oxygen atoms in total. The molecule has 0 unspecified atom stereocenters. The summed E-state index contributed by atoms with van der Waals surface area (Å²) in [5.74, 6) is 0.536. The lowest BCUT2D eigenvalue weighted by Crippen LogP contribution is -2.32. The van der Waals surface area contributed by atoms with Crippen LogP contribution in [0.15, 0.2) is 45.8 Å². The summed E-state index contributed by atoms with van der Waals surface area (Å²) in [5, 5.41) is 9.24. The van der Waals surface area contributed by atoms with E-state index >= 15 is 0 Å². The quantitative estimate of drug-likeness (QED) is 0.660. The molecule has 1 fully saturated rings. The van der Waals surface area contributed by atoms with Gasteiger partial charge in [-0.15, -0.1) is 0 Å². The Hall–Kier alpha value is -2.25. The molecule has 1 aliphatic rings. The molecule has 1 heterocycles. The van der Waals surface area contributed by atoms with Crippen LogP contribution in [0.5, 0.6) is 11.5 Å². The monoisotopic (exact) mass is 447 g/mol. The molecule has 1 saturated heterocycles. The normalized spacial score (nSPS) is 15.7. The highest BCUT2D eigenvalue weighted by molar-refractivity contribution is 9.10. The molecule has 2 aromatic carbocycles. The molecule has 0 spiro atoms. The number of carbonyl (C=O) groups is 2. The third-order valence-electron chi connectivity index (χ3n) is 4.06. The van der Waals surface area contributed by atoms with Gasteiger partial charge >= 0.3 is 0 Å². The highest BCUT2D eigenvalue weighted by Gasteiger charge is 2.34. The van der Waals surface area contributed by atoms with E-state index in [0.717, 1.165) is 34.2 Å². The van der Waals surface area contributed by atoms with Gasteiger partial charge in [0.1, 0.15) is 18.1 Å². The topological polar surface area (TPSA) is 66.8 Å². The van der Waals surface area contributed by atoms with Crippen molar-refractivity contribution in [3.05, 3.63) is 62.5 Å². The predicted molar refractivity (Wildman–Crippen MR) is 110 cm³/mol. The molecule has 0 radical (unpaired) electrons. The minimum Gasteiger partial charge on any atom is -0.507 e. The number of phenols is 1. The van der Waals surface area contributed by atoms with Crippen LogP contribution < -0.4 is 4.74 Å². The van der Waals surface area contributed by atoms with Gasteiger partial charge in [0.2, 0.25) is 0 Å². The summed E-state index contributed by atoms with van der Waals surface area (Å²) in [5.41, 5.74) is 2.81. The maximum atomic E-state index is 12.5. The summed E-state index contributed by atoms with van der Waals surface area (Å²) >= 11 is 4.14. The van der Waals surface area contributed by atoms with E-state index in [1.807, 2.05) is 32.0 Å². The Bertz CT molecular complexity index is 942. The standard InChI is InChI=1S/C20H18BrNO4S/c1-12-3-4-13(2)17(9-12)26-8-7-22-19(24)18(27-20(22)25)11-14-5-6-16(23)15(21)10-14/h3-6,9-11,23H,7-8H2,1-2H3/b18-11-. The van der Waals surface area contributed by atoms with Gasteiger partial charge in [0.25, 0.3) is 11.1 Å². The van der Waals surface area contributed by atoms with E-state index in [1.165, 1.54) is 11.0 Å². The van der Waals surface area contributed by atoms with Gasteiger partial charge in [-0.25, -0.2) is 0 Å². The van der Waals surface area contributed by atoms with Crippen LogP contribution in [0.25, 0.3) is 6.08 Å². The van der Waals surface area contributed by atoms with E-state index in [2.05, 4.69) is 15.9 Å². The lowest BCUT2D eigenvalue weighted by molar-refractivity contribution is -0.123. The van der Waals surface area contributed by atoms with E-state index < -0.39 is 0 Å². The zero-order valence-corrected chi connectivity index (χ0v) is 17.3. The molecule has 0 aliphatic carbocycles. The maximum Gasteiger partial charge on any atom is 0.293 e. The maximum absolute atomic E-state index is 12.5. The third-order valence-corrected chi connectivity index (χ3v) is 5.60. The average molecular weight is 448 g/mol. The first-order chi connectivity index (χ1) is 12.8. The Morgan fingerprint density at radius 1 is 1.19 bits per heavy atom. The molecule has 140 valence electrons. The number of hydrogen-bond acceptors (Lipinski definition) is 5. The highest BCUT2D eigenvalue weighted by atomic mass is 79.9. The number of nitrogens with zero attached hydrogens (tertiary/aromatic N) is 1. The van der Waals surface area contributed by atoms with Crippen molar-refractivity contribution in [1.82, 2.24) is 4.90 Å². The second-order valence-corrected chi connectivity index (χ2v) is 8.01. The number of thioether (sulfide) groups is 1. The molecule has 0 bridgehead atoms. The Morgan fingerprint density at radius 2 is 1.96 bits per heavy atom. The molecule has 2 aromatic rings. The van der Waals surface area contributed by atoms with Crippen LogP contribution in [-0.2, 0) is 4.79 Å². The SMILES string of the molecule is Cc1ccc(C)c(OCCN2C(=O)S/C(=C\c3ccc(O)c(Br)c3)C2=O)c1. The minimum atomic E-state index is -0.334. The van der Waals surface area contributed by atoms with Crippen LogP contribution in [0.2, 0.25) is 0 Å². The van der Waals surface area contributed by atoms with Crippen LogP contribution in [0.1, 0.15) is 16.7 Å². The van der Waals surface area contributed by atoms with E-state index in [4.69, 9.17) is 4.74 Å². The van der Waals surface area contributed by atoms with Crippen molar-refractivity contribution in [2.45, 2.75) is 13.8 Å². The summed E-state index contributed by atoms with van der Waals surface area (Å²) in [4.78, 5) is 26.3. The summed E-state index contributed by atoms with van der Waals surface area (Å²) in [6.45, 7) is 4.36. The van der Waals surface area contributed by atoms with Gasteiger partial charge in [0, 0.05) is 0 Å². The molecule has 0 atom stereocenters. The van der Waals surface area contributed by atoms with Crippen molar-refractivity contribution >= 4 is 44.9 Å². The van der Waals surface area contributed by atoms with E-state index in [1.54, 1.807) is 18.2 Å². The van der Waals surface area contributed by atoms with Gasteiger partial charge in [-0.3, -0.25) is 14.5 Å². The fraction of sp³-hybridized carbons (Fsp3) is 0.200. The van der Waals surface area contributed by atoms with Crippen LogP contribution >= 0.6 is 27.7 Å². The zero-order chi connectivity index (χ0) is 19.6. The molecule has 2 amide bonds. The Kier molecular flexibility index (Phi) is 5.92. The summed E-state index contributed by atoms with van der Waals surface area (Å²) in [6.07, 6.45) is 1.64. The number of carbonyl (C=O) groups excluding carboxylic acids is 2. The fourth-order valence-corrected chi connectivity index (χ4v) is 3.83. The van der Waals surface area contributed by atoms with Gasteiger partial charge in [-0.1, -0.05) is 18.2 Å². The van der Waals surface area contributed by atoms with Crippen LogP contribution in [0.3, 0.4) is 0 Å². The highest BCUT2D eigenvalue weighted by Crippen LogP contribution is 2.33. The van der Waals surface area contributed by atoms with Gasteiger partial charge in [0.15, 0.2) is 0 Å². The van der Waals surface area contributed by atoms with Crippen molar-refractivity contribution in [2.24, 2.45) is 0 Å². The summed E-state index contributed by atoms with van der Waals surface area (Å²) in [6, 6.07) is 10.8. The number of amides is 2. The number of aromatic hydroxyl groups is 1. The molecule has 1 N–H and O–H groups in total. The second-order valence-electron chi connectivity index (χ2n) is 6.16. The molecule has 0 aromatic heterocycles. The number of hydrogen-bond donors (Lipinski definition) is 1. The number of rotatable bonds is 5. The van der Waals surface area contributed by atoms with Crippen molar-refractivity contribution in [1.29, 1.82) is 0 Å². The summed E-state index contributed by atoms with van der Waals surface area (Å²) in [7, 11) is 0. The number of phenolic OH excluding ortho intramolecular Hbond substituents is 1. The lowest BCUT2D eigenvalue weighted by atomic mass is 10.1. The van der Waals surface area contributed by atoms with Gasteiger partial charge in [-0.05, 0) is 82.5 Å². The number of halogens is 1. The van der Waals surface area contributed by atoms with Gasteiger partial charge < -0.3 is 9.84 Å². The van der Waals surface area contributed by atoms with E-state index in [-0.39, 0.29) is 30.0 Å². The van der Waals surface area contributed by atoms with Crippen LogP contribution in [0.4, 0.5) is 4.79 Å². The average Bonchev–Trinajstić information content (AvgIpc) is 2.88. The first-order valence-electron chi connectivity index (χ1n) is 8.29. The number of benzene rings is 2. The largest absolute Gasteiger partial charge is 0.507 e. The van der Waals surface area contributed by atoms with Crippen molar-refractivity contribution in [2.75, 3.05) is 13.2 Å². The zero-order valence-electron chi connectivity index (χ0n) is 14.9. The predicted octanol–water partition coefficient (Wildman–Crippen LogP) is 4.89. The van der Waals surface area contributed by atoms with E-state index in [0.29, 0.717) is 9.38 Å². The summed E-state index contributed by atoms with van der Waals surface area (Å²) < 4.78 is 6.28. The van der Waals surface area contributed by atoms with Gasteiger partial charge in [0.05, 0.1) is 15.9 Å². The Morgan fingerprint density at radius 3 is 2.70 bits per heavy atom. The number of ether oxygens (including phenoxy) is 1. The van der Waals surface area contributed by atoms with Crippen LogP contribution in [0, 0.1) is 13.8 Å². The molecule has 1 aliphatic heterocycles. The van der Waals surface area contributed by atoms with Gasteiger partial charge in [-0.2, -0.15) is 0 Å². The number of imide groups is 1. The molecule has 3 rings (SSSR count). The molecule has 0 saturated carbocycles. The fourth-order valence-electron chi connectivity index (χ4n) is 2.57. The second kappa shape index (κ2) is 8.19. The smallest absolute Gasteiger partial charge is 0.293 e. The lowest BCUT2D eigenvalue weighted by Gasteiger charge is -2.14. The molecular formula is C20H18BrNO4S. The Balaban J connectivity index is 1.66. The van der Waals surface area contributed by atoms with Crippen molar-refractivity contribution in [3.8, 4) is 11.5 Å². The van der Waals surface area contributed by atoms with Crippen molar-refractivity contribution in [3.63, 3.8) is 0 Å². The third kappa shape index (κ3) is 4.54. The van der Waals surface area contributed by atoms with E-state index in [9.17, 15) is 14.7 Å². The number of aryl methyl sites for hydroxylation is 2. The molecular weight excluding hydrogens is 430 g/mol. The first kappa shape index (κ1) is 19.5. The molecule has 27 heavy (non-hydrogen) atoms. The minimum absolute atomic E-state index is 0.115. The first-order valence-corrected chi connectivity index (χ1v) is 9.90. The van der Waals surface area contributed by atoms with Crippen LogP contribution in [-0.4, -0.2) is 34.3 Å². The van der Waals surface area contributed by atoms with Crippen molar-refractivity contribution < 1.29 is 19.4 Å². The molecule has 7 heteroatoms.